The summed E-state index contributed by atoms with van der Waals surface area (Å²) in [6, 6.07) is 8.52. The maximum absolute atomic E-state index is 3.91. The molecule has 0 bridgehead atoms. The van der Waals surface area contributed by atoms with E-state index in [0.717, 1.165) is 11.3 Å². The van der Waals surface area contributed by atoms with Crippen molar-refractivity contribution in [3.05, 3.63) is 42.0 Å². The molecule has 1 aromatic rings. The maximum Gasteiger partial charge on any atom is 0.0338 e. The van der Waals surface area contributed by atoms with Gasteiger partial charge in [0.25, 0.3) is 0 Å². The third-order valence-corrected chi connectivity index (χ3v) is 2.23. The van der Waals surface area contributed by atoms with Gasteiger partial charge in [0.15, 0.2) is 0 Å². The van der Waals surface area contributed by atoms with E-state index in [4.69, 9.17) is 0 Å². The summed E-state index contributed by atoms with van der Waals surface area (Å²) in [5, 5.41) is 3.04. The molecule has 0 saturated carbocycles. The molecule has 0 aliphatic carbocycles. The molecule has 0 aliphatic heterocycles. The number of hydrogen-bond acceptors (Lipinski definition) is 1. The number of hydrogen-bond donors (Lipinski definition) is 1. The lowest BCUT2D eigenvalue weighted by Gasteiger charge is -2.08. The van der Waals surface area contributed by atoms with Crippen molar-refractivity contribution in [2.24, 2.45) is 0 Å². The average molecular weight is 175 g/mol. The highest BCUT2D eigenvalue weighted by molar-refractivity contribution is 5.61. The predicted octanol–water partition coefficient (Wildman–Crippen LogP) is 3.00. The average Bonchev–Trinajstić information content (AvgIpc) is 2.17. The van der Waals surface area contributed by atoms with Crippen molar-refractivity contribution in [2.45, 2.75) is 19.8 Å². The summed E-state index contributed by atoms with van der Waals surface area (Å²) in [5.41, 5.74) is 3.50. The number of rotatable bonds is 3. The summed E-state index contributed by atoms with van der Waals surface area (Å²) < 4.78 is 0. The molecule has 0 saturated heterocycles. The van der Waals surface area contributed by atoms with E-state index in [9.17, 15) is 0 Å². The number of benzene rings is 1. The standard InChI is InChI=1S/C12H17N/c1-9(2)11-5-7-12(8-6-11)10(3)13-4/h5-9,13H,3H2,1-2,4H3. The van der Waals surface area contributed by atoms with Crippen LogP contribution in [0.2, 0.25) is 0 Å². The smallest absolute Gasteiger partial charge is 0.0338 e. The van der Waals surface area contributed by atoms with E-state index in [2.05, 4.69) is 50.0 Å². The quantitative estimate of drug-likeness (QED) is 0.744. The van der Waals surface area contributed by atoms with E-state index < -0.39 is 0 Å². The fourth-order valence-corrected chi connectivity index (χ4v) is 1.21. The van der Waals surface area contributed by atoms with Gasteiger partial charge < -0.3 is 5.32 Å². The molecule has 13 heavy (non-hydrogen) atoms. The minimum atomic E-state index is 0.594. The van der Waals surface area contributed by atoms with Crippen molar-refractivity contribution < 1.29 is 0 Å². The van der Waals surface area contributed by atoms with Crippen LogP contribution in [0.15, 0.2) is 30.8 Å². The van der Waals surface area contributed by atoms with Crippen molar-refractivity contribution in [3.8, 4) is 0 Å². The van der Waals surface area contributed by atoms with Crippen LogP contribution in [0, 0.1) is 0 Å². The Bertz CT molecular complexity index is 282. The van der Waals surface area contributed by atoms with Crippen molar-refractivity contribution in [1.82, 2.24) is 5.32 Å². The summed E-state index contributed by atoms with van der Waals surface area (Å²) >= 11 is 0. The fraction of sp³-hybridized carbons (Fsp3) is 0.333. The second kappa shape index (κ2) is 4.13. The second-order valence-electron chi connectivity index (χ2n) is 3.51. The van der Waals surface area contributed by atoms with Crippen LogP contribution in [0.5, 0.6) is 0 Å². The first-order valence-corrected chi connectivity index (χ1v) is 4.62. The third kappa shape index (κ3) is 2.35. The first kappa shape index (κ1) is 9.85. The Morgan fingerprint density at radius 2 is 1.77 bits per heavy atom. The Morgan fingerprint density at radius 3 is 2.15 bits per heavy atom. The van der Waals surface area contributed by atoms with Crippen LogP contribution in [0.25, 0.3) is 5.70 Å². The zero-order chi connectivity index (χ0) is 9.84. The van der Waals surface area contributed by atoms with E-state index in [0.29, 0.717) is 5.92 Å². The Morgan fingerprint density at radius 1 is 1.23 bits per heavy atom. The van der Waals surface area contributed by atoms with Gasteiger partial charge in [-0.25, -0.2) is 0 Å². The second-order valence-corrected chi connectivity index (χ2v) is 3.51. The largest absolute Gasteiger partial charge is 0.388 e. The van der Waals surface area contributed by atoms with Crippen LogP contribution in [0.1, 0.15) is 30.9 Å². The summed E-state index contributed by atoms with van der Waals surface area (Å²) in [4.78, 5) is 0. The van der Waals surface area contributed by atoms with Crippen molar-refractivity contribution in [2.75, 3.05) is 7.05 Å². The maximum atomic E-state index is 3.91. The minimum absolute atomic E-state index is 0.594. The molecule has 1 rings (SSSR count). The summed E-state index contributed by atoms with van der Waals surface area (Å²) in [6.45, 7) is 8.30. The van der Waals surface area contributed by atoms with Gasteiger partial charge in [-0.15, -0.1) is 0 Å². The van der Waals surface area contributed by atoms with E-state index in [1.165, 1.54) is 5.56 Å². The molecule has 70 valence electrons. The highest BCUT2D eigenvalue weighted by atomic mass is 14.8. The zero-order valence-electron chi connectivity index (χ0n) is 8.59. The van der Waals surface area contributed by atoms with Gasteiger partial charge in [0.1, 0.15) is 0 Å². The molecule has 1 nitrogen and oxygen atoms in total. The molecule has 0 unspecified atom stereocenters. The van der Waals surface area contributed by atoms with Crippen LogP contribution in [0.3, 0.4) is 0 Å². The lowest BCUT2D eigenvalue weighted by atomic mass is 10.0. The lowest BCUT2D eigenvalue weighted by Crippen LogP contribution is -2.02. The van der Waals surface area contributed by atoms with Gasteiger partial charge in [0.2, 0.25) is 0 Å². The van der Waals surface area contributed by atoms with Crippen LogP contribution in [-0.4, -0.2) is 7.05 Å². The van der Waals surface area contributed by atoms with Crippen LogP contribution in [-0.2, 0) is 0 Å². The molecule has 0 aromatic heterocycles. The predicted molar refractivity (Wildman–Crippen MR) is 58.6 cm³/mol. The molecule has 1 N–H and O–H groups in total. The normalized spacial score (nSPS) is 10.2. The fourth-order valence-electron chi connectivity index (χ4n) is 1.21. The van der Waals surface area contributed by atoms with Crippen molar-refractivity contribution in [1.29, 1.82) is 0 Å². The zero-order valence-corrected chi connectivity index (χ0v) is 8.59. The first-order valence-electron chi connectivity index (χ1n) is 4.62. The molecule has 1 aromatic carbocycles. The summed E-state index contributed by atoms with van der Waals surface area (Å²) in [5.74, 6) is 0.594. The topological polar surface area (TPSA) is 12.0 Å². The molecule has 0 aliphatic rings. The Labute approximate surface area is 80.5 Å². The van der Waals surface area contributed by atoms with Crippen LogP contribution < -0.4 is 5.32 Å². The first-order chi connectivity index (χ1) is 6.15. The molecule has 0 spiro atoms. The molecule has 0 atom stereocenters. The van der Waals surface area contributed by atoms with Crippen molar-refractivity contribution in [3.63, 3.8) is 0 Å². The van der Waals surface area contributed by atoms with Gasteiger partial charge in [-0.1, -0.05) is 44.7 Å². The Kier molecular flexibility index (Phi) is 3.13. The lowest BCUT2D eigenvalue weighted by molar-refractivity contribution is 0.866. The minimum Gasteiger partial charge on any atom is -0.388 e. The van der Waals surface area contributed by atoms with Gasteiger partial charge >= 0.3 is 0 Å². The van der Waals surface area contributed by atoms with E-state index in [1.54, 1.807) is 0 Å². The summed E-state index contributed by atoms with van der Waals surface area (Å²) in [6.07, 6.45) is 0. The van der Waals surface area contributed by atoms with E-state index in [-0.39, 0.29) is 0 Å². The Balaban J connectivity index is 2.87. The highest BCUT2D eigenvalue weighted by Gasteiger charge is 1.99. The molecule has 0 heterocycles. The molecule has 0 fully saturated rings. The molecule has 1 heteroatoms. The summed E-state index contributed by atoms with van der Waals surface area (Å²) in [7, 11) is 1.89. The molecule has 0 amide bonds. The number of nitrogens with one attached hydrogen (secondary N) is 1. The van der Waals surface area contributed by atoms with Gasteiger partial charge in [0.05, 0.1) is 0 Å². The van der Waals surface area contributed by atoms with Crippen LogP contribution in [0.4, 0.5) is 0 Å². The van der Waals surface area contributed by atoms with E-state index in [1.807, 2.05) is 7.05 Å². The van der Waals surface area contributed by atoms with E-state index >= 15 is 0 Å². The van der Waals surface area contributed by atoms with Gasteiger partial charge in [-0.3, -0.25) is 0 Å². The highest BCUT2D eigenvalue weighted by Crippen LogP contribution is 2.16. The Hall–Kier alpha value is -1.24. The third-order valence-electron chi connectivity index (χ3n) is 2.23. The molecule has 0 radical (unpaired) electrons. The molecular formula is C12H17N. The monoisotopic (exact) mass is 175 g/mol. The van der Waals surface area contributed by atoms with Gasteiger partial charge in [-0.05, 0) is 17.0 Å². The van der Waals surface area contributed by atoms with Gasteiger partial charge in [0, 0.05) is 12.7 Å². The SMILES string of the molecule is C=C(NC)c1ccc(C(C)C)cc1. The molecular weight excluding hydrogens is 158 g/mol. The van der Waals surface area contributed by atoms with Crippen LogP contribution >= 0.6 is 0 Å². The van der Waals surface area contributed by atoms with Gasteiger partial charge in [-0.2, -0.15) is 0 Å². The van der Waals surface area contributed by atoms with Crippen molar-refractivity contribution >= 4 is 5.70 Å².